The zero-order valence-electron chi connectivity index (χ0n) is 10.8. The van der Waals surface area contributed by atoms with E-state index in [4.69, 9.17) is 0 Å². The highest BCUT2D eigenvalue weighted by Gasteiger charge is 2.36. The highest BCUT2D eigenvalue weighted by Crippen LogP contribution is 2.33. The van der Waals surface area contributed by atoms with Gasteiger partial charge in [0.25, 0.3) is 0 Å². The van der Waals surface area contributed by atoms with Crippen molar-refractivity contribution in [2.75, 3.05) is 11.9 Å². The molecule has 20 heavy (non-hydrogen) atoms. The van der Waals surface area contributed by atoms with E-state index in [-0.39, 0.29) is 16.1 Å². The fourth-order valence-electron chi connectivity index (χ4n) is 2.18. The zero-order valence-corrected chi connectivity index (χ0v) is 12.4. The third kappa shape index (κ3) is 3.32. The molecular formula is C13H14BrF3N2O. The normalized spacial score (nSPS) is 22.9. The van der Waals surface area contributed by atoms with Crippen LogP contribution in [0.25, 0.3) is 0 Å². The Morgan fingerprint density at radius 2 is 2.10 bits per heavy atom. The Bertz CT molecular complexity index is 525. The molecule has 1 aromatic rings. The number of hydrogen-bond donors (Lipinski definition) is 2. The Morgan fingerprint density at radius 1 is 1.40 bits per heavy atom. The molecule has 1 aliphatic rings. The maximum absolute atomic E-state index is 12.7. The van der Waals surface area contributed by atoms with E-state index in [1.165, 1.54) is 6.07 Å². The van der Waals surface area contributed by atoms with E-state index in [1.54, 1.807) is 6.92 Å². The van der Waals surface area contributed by atoms with Crippen molar-refractivity contribution < 1.29 is 18.0 Å². The second kappa shape index (κ2) is 5.37. The van der Waals surface area contributed by atoms with E-state index in [0.717, 1.165) is 25.1 Å². The standard InChI is InChI=1S/C13H14BrF3N2O/c1-12(3-2-4-18-12)11(20)19-10-6-8(13(15,16)17)5-9(14)7-10/h5-7,18H,2-4H2,1H3,(H,19,20). The van der Waals surface area contributed by atoms with Crippen LogP contribution in [0.3, 0.4) is 0 Å². The number of nitrogens with one attached hydrogen (secondary N) is 2. The largest absolute Gasteiger partial charge is 0.416 e. The van der Waals surface area contributed by atoms with Gasteiger partial charge in [-0.2, -0.15) is 13.2 Å². The van der Waals surface area contributed by atoms with Gasteiger partial charge >= 0.3 is 6.18 Å². The molecule has 0 aromatic heterocycles. The van der Waals surface area contributed by atoms with Crippen LogP contribution in [0.5, 0.6) is 0 Å². The number of amides is 1. The van der Waals surface area contributed by atoms with Crippen LogP contribution in [0.15, 0.2) is 22.7 Å². The summed E-state index contributed by atoms with van der Waals surface area (Å²) in [7, 11) is 0. The zero-order chi connectivity index (χ0) is 15.0. The third-order valence-electron chi connectivity index (χ3n) is 3.35. The predicted molar refractivity (Wildman–Crippen MR) is 73.4 cm³/mol. The summed E-state index contributed by atoms with van der Waals surface area (Å²) < 4.78 is 38.4. The summed E-state index contributed by atoms with van der Waals surface area (Å²) in [6, 6.07) is 3.36. The van der Waals surface area contributed by atoms with Crippen molar-refractivity contribution in [1.82, 2.24) is 5.32 Å². The lowest BCUT2D eigenvalue weighted by Crippen LogP contribution is -2.47. The van der Waals surface area contributed by atoms with Crippen LogP contribution in [-0.4, -0.2) is 18.0 Å². The van der Waals surface area contributed by atoms with Crippen molar-refractivity contribution in [3.63, 3.8) is 0 Å². The van der Waals surface area contributed by atoms with Gasteiger partial charge in [-0.15, -0.1) is 0 Å². The van der Waals surface area contributed by atoms with E-state index in [0.29, 0.717) is 6.42 Å². The first-order valence-corrected chi connectivity index (χ1v) is 6.94. The first-order chi connectivity index (χ1) is 9.21. The number of hydrogen-bond acceptors (Lipinski definition) is 2. The topological polar surface area (TPSA) is 41.1 Å². The van der Waals surface area contributed by atoms with Gasteiger partial charge in [0.05, 0.1) is 11.1 Å². The summed E-state index contributed by atoms with van der Waals surface area (Å²) in [4.78, 5) is 12.1. The molecule has 2 N–H and O–H groups in total. The molecule has 1 fully saturated rings. The smallest absolute Gasteiger partial charge is 0.324 e. The number of carbonyl (C=O) groups excluding carboxylic acids is 1. The fraction of sp³-hybridized carbons (Fsp3) is 0.462. The Morgan fingerprint density at radius 3 is 2.65 bits per heavy atom. The van der Waals surface area contributed by atoms with Gasteiger partial charge in [0.1, 0.15) is 0 Å². The predicted octanol–water partition coefficient (Wildman–Crippen LogP) is 3.55. The monoisotopic (exact) mass is 350 g/mol. The van der Waals surface area contributed by atoms with Crippen molar-refractivity contribution in [2.24, 2.45) is 0 Å². The minimum absolute atomic E-state index is 0.131. The maximum Gasteiger partial charge on any atom is 0.416 e. The lowest BCUT2D eigenvalue weighted by Gasteiger charge is -2.23. The molecule has 1 amide bonds. The summed E-state index contributed by atoms with van der Waals surface area (Å²) in [5, 5.41) is 5.61. The van der Waals surface area contributed by atoms with Crippen molar-refractivity contribution in [2.45, 2.75) is 31.5 Å². The van der Waals surface area contributed by atoms with Crippen LogP contribution in [0, 0.1) is 0 Å². The van der Waals surface area contributed by atoms with Crippen LogP contribution < -0.4 is 10.6 Å². The highest BCUT2D eigenvalue weighted by molar-refractivity contribution is 9.10. The number of benzene rings is 1. The fourth-order valence-corrected chi connectivity index (χ4v) is 2.68. The lowest BCUT2D eigenvalue weighted by molar-refractivity contribution is -0.137. The SMILES string of the molecule is CC1(C(=O)Nc2cc(Br)cc(C(F)(F)F)c2)CCCN1. The minimum Gasteiger partial charge on any atom is -0.324 e. The molecule has 0 saturated carbocycles. The van der Waals surface area contributed by atoms with Crippen LogP contribution in [0.1, 0.15) is 25.3 Å². The van der Waals surface area contributed by atoms with Gasteiger partial charge in [0.2, 0.25) is 5.91 Å². The van der Waals surface area contributed by atoms with Gasteiger partial charge in [-0.25, -0.2) is 0 Å². The molecule has 1 atom stereocenters. The second-order valence-corrected chi connectivity index (χ2v) is 5.96. The molecule has 0 radical (unpaired) electrons. The molecule has 3 nitrogen and oxygen atoms in total. The Labute approximate surface area is 123 Å². The average Bonchev–Trinajstić information content (AvgIpc) is 2.75. The van der Waals surface area contributed by atoms with Crippen LogP contribution in [-0.2, 0) is 11.0 Å². The van der Waals surface area contributed by atoms with Gasteiger partial charge in [0, 0.05) is 10.2 Å². The quantitative estimate of drug-likeness (QED) is 0.856. The van der Waals surface area contributed by atoms with Gasteiger partial charge in [-0.3, -0.25) is 4.79 Å². The van der Waals surface area contributed by atoms with Crippen molar-refractivity contribution >= 4 is 27.5 Å². The molecule has 1 unspecified atom stereocenters. The maximum atomic E-state index is 12.7. The summed E-state index contributed by atoms with van der Waals surface area (Å²) in [5.74, 6) is -0.318. The van der Waals surface area contributed by atoms with E-state index in [1.807, 2.05) is 0 Å². The van der Waals surface area contributed by atoms with Crippen LogP contribution >= 0.6 is 15.9 Å². The molecule has 0 spiro atoms. The molecule has 1 saturated heterocycles. The first-order valence-electron chi connectivity index (χ1n) is 6.15. The highest BCUT2D eigenvalue weighted by atomic mass is 79.9. The molecule has 1 heterocycles. The number of anilines is 1. The molecule has 1 aliphatic heterocycles. The molecule has 0 aliphatic carbocycles. The van der Waals surface area contributed by atoms with Gasteiger partial charge < -0.3 is 10.6 Å². The number of alkyl halides is 3. The Kier molecular flexibility index (Phi) is 4.11. The molecule has 1 aromatic carbocycles. The van der Waals surface area contributed by atoms with Crippen molar-refractivity contribution in [3.8, 4) is 0 Å². The van der Waals surface area contributed by atoms with Crippen LogP contribution in [0.4, 0.5) is 18.9 Å². The van der Waals surface area contributed by atoms with Crippen LogP contribution in [0.2, 0.25) is 0 Å². The summed E-state index contributed by atoms with van der Waals surface area (Å²) in [5.41, 5.74) is -1.39. The third-order valence-corrected chi connectivity index (χ3v) is 3.81. The molecular weight excluding hydrogens is 337 g/mol. The van der Waals surface area contributed by atoms with E-state index in [9.17, 15) is 18.0 Å². The van der Waals surface area contributed by atoms with E-state index >= 15 is 0 Å². The molecule has 7 heteroatoms. The second-order valence-electron chi connectivity index (χ2n) is 5.04. The van der Waals surface area contributed by atoms with Gasteiger partial charge in [-0.05, 0) is 44.5 Å². The van der Waals surface area contributed by atoms with Gasteiger partial charge in [0.15, 0.2) is 0 Å². The van der Waals surface area contributed by atoms with Crippen molar-refractivity contribution in [3.05, 3.63) is 28.2 Å². The van der Waals surface area contributed by atoms with Gasteiger partial charge in [-0.1, -0.05) is 15.9 Å². The number of carbonyl (C=O) groups is 1. The van der Waals surface area contributed by atoms with E-state index < -0.39 is 17.3 Å². The summed E-state index contributed by atoms with van der Waals surface area (Å²) >= 11 is 3.03. The summed E-state index contributed by atoms with van der Waals surface area (Å²) in [6.07, 6.45) is -2.91. The lowest BCUT2D eigenvalue weighted by atomic mass is 9.99. The van der Waals surface area contributed by atoms with Crippen molar-refractivity contribution in [1.29, 1.82) is 0 Å². The summed E-state index contributed by atoms with van der Waals surface area (Å²) in [6.45, 7) is 2.48. The Balaban J connectivity index is 2.21. The average molecular weight is 351 g/mol. The molecule has 2 rings (SSSR count). The molecule has 0 bridgehead atoms. The first kappa shape index (κ1) is 15.3. The minimum atomic E-state index is -4.45. The van der Waals surface area contributed by atoms with E-state index in [2.05, 4.69) is 26.6 Å². The Hall–Kier alpha value is -1.08. The number of rotatable bonds is 2. The molecule has 110 valence electrons. The number of halogens is 4.